The Hall–Kier alpha value is -0.570. The molecule has 1 aliphatic carbocycles. The van der Waals surface area contributed by atoms with Gasteiger partial charge in [-0.25, -0.2) is 0 Å². The van der Waals surface area contributed by atoms with Gasteiger partial charge < -0.3 is 10.0 Å². The minimum absolute atomic E-state index is 0.229. The van der Waals surface area contributed by atoms with Gasteiger partial charge in [0.25, 0.3) is 0 Å². The Morgan fingerprint density at radius 2 is 1.82 bits per heavy atom. The quantitative estimate of drug-likeness (QED) is 0.817. The predicted molar refractivity (Wildman–Crippen MR) is 67.6 cm³/mol. The minimum Gasteiger partial charge on any atom is -0.396 e. The molecule has 0 aromatic carbocycles. The summed E-state index contributed by atoms with van der Waals surface area (Å²) in [4.78, 5) is 14.0. The summed E-state index contributed by atoms with van der Waals surface area (Å²) in [6, 6.07) is 0. The van der Waals surface area contributed by atoms with Crippen LogP contribution in [0.2, 0.25) is 0 Å². The first kappa shape index (κ1) is 12.9. The van der Waals surface area contributed by atoms with Crippen LogP contribution in [0, 0.1) is 11.8 Å². The van der Waals surface area contributed by atoms with Crippen LogP contribution in [0.4, 0.5) is 0 Å². The van der Waals surface area contributed by atoms with E-state index in [-0.39, 0.29) is 6.61 Å². The van der Waals surface area contributed by atoms with Gasteiger partial charge in [0.15, 0.2) is 0 Å². The van der Waals surface area contributed by atoms with E-state index in [4.69, 9.17) is 5.11 Å². The average Bonchev–Trinajstić information content (AvgIpc) is 2.89. The highest BCUT2D eigenvalue weighted by molar-refractivity contribution is 5.76. The van der Waals surface area contributed by atoms with Crippen molar-refractivity contribution in [3.05, 3.63) is 0 Å². The van der Waals surface area contributed by atoms with Crippen LogP contribution >= 0.6 is 0 Å². The molecule has 2 aliphatic rings. The van der Waals surface area contributed by atoms with Crippen LogP contribution in [0.25, 0.3) is 0 Å². The highest BCUT2D eigenvalue weighted by atomic mass is 16.3. The lowest BCUT2D eigenvalue weighted by Crippen LogP contribution is -2.40. The van der Waals surface area contributed by atoms with Crippen molar-refractivity contribution in [2.24, 2.45) is 11.8 Å². The first-order valence-corrected chi connectivity index (χ1v) is 7.18. The summed E-state index contributed by atoms with van der Waals surface area (Å²) in [5.41, 5.74) is 0. The third-order valence-electron chi connectivity index (χ3n) is 4.37. The SMILES string of the molecule is O=C(CCC1CCCC1)N1CCC[C@H](CO)C1. The molecule has 0 aromatic heterocycles. The summed E-state index contributed by atoms with van der Waals surface area (Å²) < 4.78 is 0. The molecule has 0 aromatic rings. The maximum Gasteiger partial charge on any atom is 0.222 e. The number of aliphatic hydroxyl groups excluding tert-OH is 1. The van der Waals surface area contributed by atoms with Crippen molar-refractivity contribution in [3.8, 4) is 0 Å². The van der Waals surface area contributed by atoms with Gasteiger partial charge in [-0.3, -0.25) is 4.79 Å². The third-order valence-corrected chi connectivity index (χ3v) is 4.37. The van der Waals surface area contributed by atoms with Gasteiger partial charge in [0.05, 0.1) is 0 Å². The molecule has 17 heavy (non-hydrogen) atoms. The van der Waals surface area contributed by atoms with Crippen LogP contribution < -0.4 is 0 Å². The number of rotatable bonds is 4. The lowest BCUT2D eigenvalue weighted by atomic mass is 9.97. The zero-order valence-corrected chi connectivity index (χ0v) is 10.7. The Bertz CT molecular complexity index is 249. The van der Waals surface area contributed by atoms with E-state index < -0.39 is 0 Å². The maximum atomic E-state index is 12.1. The average molecular weight is 239 g/mol. The van der Waals surface area contributed by atoms with Gasteiger partial charge in [-0.05, 0) is 31.1 Å². The molecule has 98 valence electrons. The van der Waals surface area contributed by atoms with Gasteiger partial charge in [0.1, 0.15) is 0 Å². The van der Waals surface area contributed by atoms with E-state index in [2.05, 4.69) is 0 Å². The molecule has 3 nitrogen and oxygen atoms in total. The molecular formula is C14H25NO2. The largest absolute Gasteiger partial charge is 0.396 e. The number of hydrogen-bond donors (Lipinski definition) is 1. The van der Waals surface area contributed by atoms with E-state index in [0.29, 0.717) is 11.8 Å². The number of aliphatic hydroxyl groups is 1. The molecule has 2 fully saturated rings. The van der Waals surface area contributed by atoms with Crippen molar-refractivity contribution in [2.45, 2.75) is 51.4 Å². The van der Waals surface area contributed by atoms with E-state index in [1.54, 1.807) is 0 Å². The van der Waals surface area contributed by atoms with Gasteiger partial charge in [-0.15, -0.1) is 0 Å². The van der Waals surface area contributed by atoms with Crippen molar-refractivity contribution in [3.63, 3.8) is 0 Å². The van der Waals surface area contributed by atoms with Crippen LogP contribution in [0.1, 0.15) is 51.4 Å². The number of amides is 1. The van der Waals surface area contributed by atoms with Crippen molar-refractivity contribution in [1.29, 1.82) is 0 Å². The normalized spacial score (nSPS) is 26.4. The van der Waals surface area contributed by atoms with Crippen molar-refractivity contribution < 1.29 is 9.90 Å². The fourth-order valence-electron chi connectivity index (χ4n) is 3.23. The van der Waals surface area contributed by atoms with Crippen LogP contribution in [-0.2, 0) is 4.79 Å². The van der Waals surface area contributed by atoms with Gasteiger partial charge >= 0.3 is 0 Å². The summed E-state index contributed by atoms with van der Waals surface area (Å²) >= 11 is 0. The second-order valence-corrected chi connectivity index (χ2v) is 5.72. The molecule has 1 amide bonds. The maximum absolute atomic E-state index is 12.1. The number of nitrogens with zero attached hydrogens (tertiary/aromatic N) is 1. The Balaban J connectivity index is 1.71. The smallest absolute Gasteiger partial charge is 0.222 e. The van der Waals surface area contributed by atoms with Crippen molar-refractivity contribution in [1.82, 2.24) is 4.90 Å². The highest BCUT2D eigenvalue weighted by Gasteiger charge is 2.24. The number of piperidine rings is 1. The molecule has 1 atom stereocenters. The van der Waals surface area contributed by atoms with Crippen LogP contribution in [0.15, 0.2) is 0 Å². The van der Waals surface area contributed by atoms with Crippen molar-refractivity contribution >= 4 is 5.91 Å². The van der Waals surface area contributed by atoms with E-state index in [1.807, 2.05) is 4.90 Å². The van der Waals surface area contributed by atoms with E-state index >= 15 is 0 Å². The number of hydrogen-bond acceptors (Lipinski definition) is 2. The van der Waals surface area contributed by atoms with Crippen molar-refractivity contribution in [2.75, 3.05) is 19.7 Å². The standard InChI is InChI=1S/C14H25NO2/c16-11-13-6-3-9-15(10-13)14(17)8-7-12-4-1-2-5-12/h12-13,16H,1-11H2/t13-/m0/s1. The zero-order chi connectivity index (χ0) is 12.1. The molecule has 0 bridgehead atoms. The first-order valence-electron chi connectivity index (χ1n) is 7.18. The first-order chi connectivity index (χ1) is 8.29. The second kappa shape index (κ2) is 6.39. The predicted octanol–water partition coefficient (Wildman–Crippen LogP) is 2.19. The third kappa shape index (κ3) is 3.70. The van der Waals surface area contributed by atoms with Crippen LogP contribution in [0.5, 0.6) is 0 Å². The number of likely N-dealkylation sites (tertiary alicyclic amines) is 1. The molecule has 1 saturated carbocycles. The minimum atomic E-state index is 0.229. The monoisotopic (exact) mass is 239 g/mol. The molecule has 1 aliphatic heterocycles. The lowest BCUT2D eigenvalue weighted by molar-refractivity contribution is -0.133. The van der Waals surface area contributed by atoms with Gasteiger partial charge in [-0.2, -0.15) is 0 Å². The summed E-state index contributed by atoms with van der Waals surface area (Å²) in [7, 11) is 0. The summed E-state index contributed by atoms with van der Waals surface area (Å²) in [6.45, 7) is 1.91. The van der Waals surface area contributed by atoms with E-state index in [0.717, 1.165) is 44.7 Å². The molecule has 1 N–H and O–H groups in total. The Morgan fingerprint density at radius 3 is 2.53 bits per heavy atom. The fraction of sp³-hybridized carbons (Fsp3) is 0.929. The zero-order valence-electron chi connectivity index (χ0n) is 10.7. The highest BCUT2D eigenvalue weighted by Crippen LogP contribution is 2.29. The van der Waals surface area contributed by atoms with Gasteiger partial charge in [0.2, 0.25) is 5.91 Å². The molecule has 1 saturated heterocycles. The molecule has 2 rings (SSSR count). The second-order valence-electron chi connectivity index (χ2n) is 5.72. The summed E-state index contributed by atoms with van der Waals surface area (Å²) in [5.74, 6) is 1.44. The Labute approximate surface area is 104 Å². The topological polar surface area (TPSA) is 40.5 Å². The van der Waals surface area contributed by atoms with Gasteiger partial charge in [0, 0.05) is 26.1 Å². The fourth-order valence-corrected chi connectivity index (χ4v) is 3.23. The summed E-state index contributed by atoms with van der Waals surface area (Å²) in [5, 5.41) is 9.16. The molecule has 0 unspecified atom stereocenters. The van der Waals surface area contributed by atoms with E-state index in [9.17, 15) is 4.79 Å². The lowest BCUT2D eigenvalue weighted by Gasteiger charge is -2.32. The molecule has 1 heterocycles. The Morgan fingerprint density at radius 1 is 1.12 bits per heavy atom. The molecule has 0 radical (unpaired) electrons. The van der Waals surface area contributed by atoms with Crippen LogP contribution in [-0.4, -0.2) is 35.6 Å². The number of carbonyl (C=O) groups excluding carboxylic acids is 1. The number of carbonyl (C=O) groups is 1. The molecule has 0 spiro atoms. The van der Waals surface area contributed by atoms with Gasteiger partial charge in [-0.1, -0.05) is 25.7 Å². The molecular weight excluding hydrogens is 214 g/mol. The van der Waals surface area contributed by atoms with E-state index in [1.165, 1.54) is 25.7 Å². The molecule has 3 heteroatoms. The van der Waals surface area contributed by atoms with Crippen LogP contribution in [0.3, 0.4) is 0 Å². The summed E-state index contributed by atoms with van der Waals surface area (Å²) in [6.07, 6.45) is 9.30. The Kier molecular flexibility index (Phi) is 4.84.